The Morgan fingerprint density at radius 3 is 2.00 bits per heavy atom. The Morgan fingerprint density at radius 1 is 0.897 bits per heavy atom. The predicted octanol–water partition coefficient (Wildman–Crippen LogP) is 5.53. The van der Waals surface area contributed by atoms with Crippen molar-refractivity contribution in [3.8, 4) is 0 Å². The van der Waals surface area contributed by atoms with Gasteiger partial charge in [-0.3, -0.25) is 9.59 Å². The normalized spacial score (nSPS) is 11.8. The van der Waals surface area contributed by atoms with Crippen molar-refractivity contribution in [3.63, 3.8) is 0 Å². The van der Waals surface area contributed by atoms with E-state index in [4.69, 9.17) is 0 Å². The summed E-state index contributed by atoms with van der Waals surface area (Å²) in [5.74, 6) is -0.449. The van der Waals surface area contributed by atoms with Crippen LogP contribution in [0.25, 0.3) is 0 Å². The molecule has 0 atom stereocenters. The molecule has 5 nitrogen and oxygen atoms in total. The zero-order chi connectivity index (χ0) is 21.4. The molecule has 0 aliphatic carbocycles. The topological polar surface area (TPSA) is 70.6 Å². The summed E-state index contributed by atoms with van der Waals surface area (Å²) in [5, 5.41) is 6.98. The predicted molar refractivity (Wildman–Crippen MR) is 120 cm³/mol. The first kappa shape index (κ1) is 22.3. The third-order valence-corrected chi connectivity index (χ3v) is 4.66. The van der Waals surface area contributed by atoms with Crippen LogP contribution >= 0.6 is 0 Å². The number of hydrogen-bond donors (Lipinski definition) is 2. The smallest absolute Gasteiger partial charge is 0.271 e. The van der Waals surface area contributed by atoms with Crippen LogP contribution in [0.2, 0.25) is 0 Å². The van der Waals surface area contributed by atoms with E-state index in [1.54, 1.807) is 24.3 Å². The van der Waals surface area contributed by atoms with E-state index in [1.165, 1.54) is 5.56 Å². The fourth-order valence-corrected chi connectivity index (χ4v) is 2.73. The standard InChI is InChI=1S/C24H31N3O2/c1-6-7-8-17(2)26-27-23(29)19-11-15-21(16-12-19)25-22(28)18-9-13-20(14-10-18)24(3,4)5/h9-16H,6-8H2,1-5H3,(H,25,28)(H,27,29)/b26-17+. The Bertz CT molecular complexity index is 860. The Labute approximate surface area is 173 Å². The van der Waals surface area contributed by atoms with E-state index in [1.807, 2.05) is 31.2 Å². The number of nitrogens with one attached hydrogen (secondary N) is 2. The average Bonchev–Trinajstić information content (AvgIpc) is 2.70. The minimum atomic E-state index is -0.267. The third-order valence-electron chi connectivity index (χ3n) is 4.66. The number of hydrogen-bond acceptors (Lipinski definition) is 3. The molecule has 2 aromatic rings. The van der Waals surface area contributed by atoms with Crippen molar-refractivity contribution in [3.05, 3.63) is 65.2 Å². The summed E-state index contributed by atoms with van der Waals surface area (Å²) >= 11 is 0. The molecular formula is C24H31N3O2. The molecule has 0 aliphatic rings. The van der Waals surface area contributed by atoms with Gasteiger partial charge < -0.3 is 5.32 Å². The first-order valence-electron chi connectivity index (χ1n) is 10.1. The van der Waals surface area contributed by atoms with E-state index < -0.39 is 0 Å². The number of unbranched alkanes of at least 4 members (excludes halogenated alkanes) is 1. The maximum Gasteiger partial charge on any atom is 0.271 e. The molecule has 5 heteroatoms. The highest BCUT2D eigenvalue weighted by Gasteiger charge is 2.14. The molecule has 0 fully saturated rings. The van der Waals surface area contributed by atoms with Gasteiger partial charge in [0.1, 0.15) is 0 Å². The summed E-state index contributed by atoms with van der Waals surface area (Å²) in [4.78, 5) is 24.6. The molecule has 0 heterocycles. The molecule has 0 saturated heterocycles. The van der Waals surface area contributed by atoms with Gasteiger partial charge in [0.15, 0.2) is 0 Å². The summed E-state index contributed by atoms with van der Waals surface area (Å²) in [6.07, 6.45) is 3.02. The van der Waals surface area contributed by atoms with Crippen LogP contribution in [0.5, 0.6) is 0 Å². The van der Waals surface area contributed by atoms with E-state index in [0.29, 0.717) is 16.8 Å². The van der Waals surface area contributed by atoms with Gasteiger partial charge >= 0.3 is 0 Å². The molecule has 29 heavy (non-hydrogen) atoms. The van der Waals surface area contributed by atoms with Crippen molar-refractivity contribution in [2.24, 2.45) is 5.10 Å². The molecule has 0 bridgehead atoms. The van der Waals surface area contributed by atoms with Crippen LogP contribution in [0.3, 0.4) is 0 Å². The summed E-state index contributed by atoms with van der Waals surface area (Å²) in [6, 6.07) is 14.4. The fraction of sp³-hybridized carbons (Fsp3) is 0.375. The van der Waals surface area contributed by atoms with Gasteiger partial charge in [-0.05, 0) is 67.1 Å². The number of benzene rings is 2. The zero-order valence-corrected chi connectivity index (χ0v) is 18.0. The Balaban J connectivity index is 1.96. The second-order valence-corrected chi connectivity index (χ2v) is 8.25. The fourth-order valence-electron chi connectivity index (χ4n) is 2.73. The number of anilines is 1. The Hall–Kier alpha value is -2.95. The first-order valence-corrected chi connectivity index (χ1v) is 10.1. The summed E-state index contributed by atoms with van der Waals surface area (Å²) in [6.45, 7) is 10.4. The molecule has 154 valence electrons. The SMILES string of the molecule is CCCC/C(C)=N/NC(=O)c1ccc(NC(=O)c2ccc(C(C)(C)C)cc2)cc1. The van der Waals surface area contributed by atoms with Gasteiger partial charge in [-0.15, -0.1) is 0 Å². The van der Waals surface area contributed by atoms with Crippen LogP contribution in [0.1, 0.15) is 80.2 Å². The zero-order valence-electron chi connectivity index (χ0n) is 18.0. The molecular weight excluding hydrogens is 362 g/mol. The van der Waals surface area contributed by atoms with Crippen molar-refractivity contribution in [2.75, 3.05) is 5.32 Å². The minimum absolute atomic E-state index is 0.0456. The first-order chi connectivity index (χ1) is 13.7. The van der Waals surface area contributed by atoms with Crippen molar-refractivity contribution in [1.82, 2.24) is 5.43 Å². The number of carbonyl (C=O) groups excluding carboxylic acids is 2. The van der Waals surface area contributed by atoms with E-state index in [0.717, 1.165) is 25.0 Å². The Kier molecular flexibility index (Phi) is 7.71. The molecule has 0 radical (unpaired) electrons. The average molecular weight is 394 g/mol. The van der Waals surface area contributed by atoms with Crippen LogP contribution < -0.4 is 10.7 Å². The highest BCUT2D eigenvalue weighted by molar-refractivity contribution is 6.04. The summed E-state index contributed by atoms with van der Waals surface area (Å²) in [7, 11) is 0. The quantitative estimate of drug-likeness (QED) is 0.479. The summed E-state index contributed by atoms with van der Waals surface area (Å²) in [5.41, 5.74) is 6.42. The maximum absolute atomic E-state index is 12.4. The lowest BCUT2D eigenvalue weighted by atomic mass is 9.87. The summed E-state index contributed by atoms with van der Waals surface area (Å²) < 4.78 is 0. The van der Waals surface area contributed by atoms with Gasteiger partial charge in [0, 0.05) is 22.5 Å². The van der Waals surface area contributed by atoms with Gasteiger partial charge in [-0.25, -0.2) is 5.43 Å². The second-order valence-electron chi connectivity index (χ2n) is 8.25. The van der Waals surface area contributed by atoms with Crippen molar-refractivity contribution < 1.29 is 9.59 Å². The van der Waals surface area contributed by atoms with Gasteiger partial charge in [0.05, 0.1) is 0 Å². The lowest BCUT2D eigenvalue weighted by molar-refractivity contribution is 0.0954. The van der Waals surface area contributed by atoms with E-state index in [9.17, 15) is 9.59 Å². The molecule has 0 aromatic heterocycles. The van der Waals surface area contributed by atoms with Gasteiger partial charge in [-0.1, -0.05) is 46.2 Å². The van der Waals surface area contributed by atoms with Crippen LogP contribution in [-0.4, -0.2) is 17.5 Å². The number of nitrogens with zero attached hydrogens (tertiary/aromatic N) is 1. The van der Waals surface area contributed by atoms with Crippen molar-refractivity contribution in [2.45, 2.75) is 59.3 Å². The van der Waals surface area contributed by atoms with Crippen molar-refractivity contribution >= 4 is 23.2 Å². The van der Waals surface area contributed by atoms with Gasteiger partial charge in [0.2, 0.25) is 0 Å². The van der Waals surface area contributed by atoms with E-state index >= 15 is 0 Å². The molecule has 2 rings (SSSR count). The number of carbonyl (C=O) groups is 2. The lowest BCUT2D eigenvalue weighted by Crippen LogP contribution is -2.19. The molecule has 0 unspecified atom stereocenters. The highest BCUT2D eigenvalue weighted by atomic mass is 16.2. The molecule has 0 aliphatic heterocycles. The van der Waals surface area contributed by atoms with Gasteiger partial charge in [0.25, 0.3) is 11.8 Å². The molecule has 2 amide bonds. The third kappa shape index (κ3) is 6.86. The second kappa shape index (κ2) is 10.0. The van der Waals surface area contributed by atoms with Gasteiger partial charge in [-0.2, -0.15) is 5.10 Å². The Morgan fingerprint density at radius 2 is 1.45 bits per heavy atom. The van der Waals surface area contributed by atoms with Crippen LogP contribution in [0, 0.1) is 0 Å². The van der Waals surface area contributed by atoms with E-state index in [-0.39, 0.29) is 17.2 Å². The molecule has 0 spiro atoms. The molecule has 2 N–H and O–H groups in total. The monoisotopic (exact) mass is 393 g/mol. The number of rotatable bonds is 7. The largest absolute Gasteiger partial charge is 0.322 e. The van der Waals surface area contributed by atoms with Crippen molar-refractivity contribution in [1.29, 1.82) is 0 Å². The van der Waals surface area contributed by atoms with E-state index in [2.05, 4.69) is 43.5 Å². The van der Waals surface area contributed by atoms with Crippen LogP contribution in [0.15, 0.2) is 53.6 Å². The minimum Gasteiger partial charge on any atom is -0.322 e. The maximum atomic E-state index is 12.4. The van der Waals surface area contributed by atoms with Crippen LogP contribution in [0.4, 0.5) is 5.69 Å². The molecule has 2 aromatic carbocycles. The number of amides is 2. The van der Waals surface area contributed by atoms with Crippen LogP contribution in [-0.2, 0) is 5.41 Å². The number of hydrazone groups is 1. The lowest BCUT2D eigenvalue weighted by Gasteiger charge is -2.19. The highest BCUT2D eigenvalue weighted by Crippen LogP contribution is 2.22. The molecule has 0 saturated carbocycles.